The Balaban J connectivity index is 1.64. The highest BCUT2D eigenvalue weighted by Crippen LogP contribution is 2.42. The van der Waals surface area contributed by atoms with E-state index in [-0.39, 0.29) is 23.6 Å². The van der Waals surface area contributed by atoms with E-state index in [9.17, 15) is 19.8 Å². The second-order valence-electron chi connectivity index (χ2n) is 7.87. The summed E-state index contributed by atoms with van der Waals surface area (Å²) in [6.45, 7) is 0.978. The minimum atomic E-state index is -0.870. The molecule has 3 aromatic carbocycles. The highest BCUT2D eigenvalue weighted by molar-refractivity contribution is 6.46. The molecule has 33 heavy (non-hydrogen) atoms. The van der Waals surface area contributed by atoms with E-state index in [0.717, 1.165) is 5.56 Å². The van der Waals surface area contributed by atoms with Gasteiger partial charge in [0.15, 0.2) is 11.5 Å². The summed E-state index contributed by atoms with van der Waals surface area (Å²) >= 11 is 0. The Labute approximate surface area is 190 Å². The largest absolute Gasteiger partial charge is 0.508 e. The molecule has 3 aromatic rings. The number of aliphatic hydroxyl groups is 1. The molecular formula is C26H21NO6. The lowest BCUT2D eigenvalue weighted by molar-refractivity contribution is -0.140. The number of carbonyl (C=O) groups is 2. The zero-order valence-corrected chi connectivity index (χ0v) is 17.6. The normalized spacial score (nSPS) is 19.0. The number of Topliss-reactive ketones (excluding diaryl/α,β-unsaturated/α-hetero) is 1. The Kier molecular flexibility index (Phi) is 5.22. The number of aromatic hydroxyl groups is 1. The number of phenolic OH excluding ortho intramolecular Hbond substituents is 1. The number of phenols is 1. The molecule has 7 heteroatoms. The van der Waals surface area contributed by atoms with Crippen molar-refractivity contribution in [2.45, 2.75) is 12.6 Å². The molecule has 1 fully saturated rings. The molecule has 0 aromatic heterocycles. The lowest BCUT2D eigenvalue weighted by Gasteiger charge is -2.25. The van der Waals surface area contributed by atoms with Gasteiger partial charge in [-0.3, -0.25) is 9.59 Å². The molecule has 0 bridgehead atoms. The van der Waals surface area contributed by atoms with Crippen molar-refractivity contribution in [2.75, 3.05) is 13.2 Å². The Hall–Kier alpha value is -4.26. The fraction of sp³-hybridized carbons (Fsp3) is 0.154. The van der Waals surface area contributed by atoms with Gasteiger partial charge in [0.2, 0.25) is 0 Å². The summed E-state index contributed by atoms with van der Waals surface area (Å²) in [7, 11) is 0. The number of carbonyl (C=O) groups excluding carboxylic acids is 2. The molecule has 2 aliphatic rings. The predicted molar refractivity (Wildman–Crippen MR) is 120 cm³/mol. The van der Waals surface area contributed by atoms with Crippen molar-refractivity contribution in [1.82, 2.24) is 4.90 Å². The third kappa shape index (κ3) is 3.78. The highest BCUT2D eigenvalue weighted by atomic mass is 16.6. The van der Waals surface area contributed by atoms with Crippen LogP contribution in [0, 0.1) is 0 Å². The maximum atomic E-state index is 13.2. The molecule has 1 atom stereocenters. The summed E-state index contributed by atoms with van der Waals surface area (Å²) in [5, 5.41) is 21.3. The van der Waals surface area contributed by atoms with Crippen molar-refractivity contribution in [2.24, 2.45) is 0 Å². The molecule has 2 N–H and O–H groups in total. The number of rotatable bonds is 4. The number of likely N-dealkylation sites (tertiary alicyclic amines) is 1. The standard InChI is InChI=1S/C26H21NO6/c28-19-8-4-7-17(13-19)23-22(24(29)18-9-10-20-21(14-18)33-12-11-32-20)25(30)26(31)27(23)15-16-5-2-1-3-6-16/h1-10,13-14,23,28-29H,11-12,15H2/b24-22+/t23-/m0/s1. The fourth-order valence-electron chi connectivity index (χ4n) is 4.21. The molecule has 2 heterocycles. The summed E-state index contributed by atoms with van der Waals surface area (Å²) in [5.41, 5.74) is 1.65. The summed E-state index contributed by atoms with van der Waals surface area (Å²) in [4.78, 5) is 27.6. The van der Waals surface area contributed by atoms with E-state index in [4.69, 9.17) is 9.47 Å². The van der Waals surface area contributed by atoms with Crippen LogP contribution < -0.4 is 9.47 Å². The molecule has 0 unspecified atom stereocenters. The van der Waals surface area contributed by atoms with Crippen molar-refractivity contribution >= 4 is 17.4 Å². The number of benzene rings is 3. The molecule has 0 saturated carbocycles. The number of ether oxygens (including phenoxy) is 2. The van der Waals surface area contributed by atoms with Crippen LogP contribution in [-0.4, -0.2) is 40.0 Å². The van der Waals surface area contributed by atoms with Gasteiger partial charge in [-0.25, -0.2) is 0 Å². The van der Waals surface area contributed by atoms with Crippen LogP contribution in [0.4, 0.5) is 0 Å². The smallest absolute Gasteiger partial charge is 0.295 e. The van der Waals surface area contributed by atoms with Crippen LogP contribution in [-0.2, 0) is 16.1 Å². The molecule has 7 nitrogen and oxygen atoms in total. The Morgan fingerprint density at radius 2 is 1.67 bits per heavy atom. The van der Waals surface area contributed by atoms with E-state index in [1.165, 1.54) is 17.0 Å². The van der Waals surface area contributed by atoms with Crippen LogP contribution in [0.1, 0.15) is 22.7 Å². The minimum absolute atomic E-state index is 0.00266. The van der Waals surface area contributed by atoms with Crippen LogP contribution >= 0.6 is 0 Å². The number of nitrogens with zero attached hydrogens (tertiary/aromatic N) is 1. The van der Waals surface area contributed by atoms with Crippen molar-refractivity contribution in [1.29, 1.82) is 0 Å². The van der Waals surface area contributed by atoms with Gasteiger partial charge in [-0.1, -0.05) is 42.5 Å². The SMILES string of the molecule is O=C1C(=O)N(Cc2ccccc2)[C@@H](c2cccc(O)c2)/C1=C(\O)c1ccc2c(c1)OCCO2. The molecule has 166 valence electrons. The van der Waals surface area contributed by atoms with Gasteiger partial charge in [-0.05, 0) is 41.5 Å². The van der Waals surface area contributed by atoms with Gasteiger partial charge in [0.05, 0.1) is 11.6 Å². The number of fused-ring (bicyclic) bond motifs is 1. The van der Waals surface area contributed by atoms with Crippen molar-refractivity contribution in [3.8, 4) is 17.2 Å². The van der Waals surface area contributed by atoms with Gasteiger partial charge in [-0.2, -0.15) is 0 Å². The molecule has 1 amide bonds. The Morgan fingerprint density at radius 1 is 0.909 bits per heavy atom. The number of hydrogen-bond acceptors (Lipinski definition) is 6. The van der Waals surface area contributed by atoms with Gasteiger partial charge >= 0.3 is 0 Å². The Morgan fingerprint density at radius 3 is 2.42 bits per heavy atom. The second kappa shape index (κ2) is 8.35. The Bertz CT molecular complexity index is 1270. The highest BCUT2D eigenvalue weighted by Gasteiger charge is 2.46. The second-order valence-corrected chi connectivity index (χ2v) is 7.87. The van der Waals surface area contributed by atoms with Gasteiger partial charge in [0.25, 0.3) is 11.7 Å². The lowest BCUT2D eigenvalue weighted by atomic mass is 9.95. The van der Waals surface area contributed by atoms with Crippen LogP contribution in [0.15, 0.2) is 78.4 Å². The first-order chi connectivity index (χ1) is 16.0. The van der Waals surface area contributed by atoms with Gasteiger partial charge < -0.3 is 24.6 Å². The molecule has 0 aliphatic carbocycles. The third-order valence-corrected chi connectivity index (χ3v) is 5.74. The molecule has 0 radical (unpaired) electrons. The minimum Gasteiger partial charge on any atom is -0.508 e. The molecule has 0 spiro atoms. The first-order valence-corrected chi connectivity index (χ1v) is 10.5. The maximum absolute atomic E-state index is 13.2. The quantitative estimate of drug-likeness (QED) is 0.362. The molecular weight excluding hydrogens is 422 g/mol. The zero-order chi connectivity index (χ0) is 22.9. The maximum Gasteiger partial charge on any atom is 0.295 e. The number of hydrogen-bond donors (Lipinski definition) is 2. The van der Waals surface area contributed by atoms with E-state index in [0.29, 0.717) is 35.8 Å². The van der Waals surface area contributed by atoms with E-state index in [2.05, 4.69) is 0 Å². The van der Waals surface area contributed by atoms with Crippen LogP contribution in [0.2, 0.25) is 0 Å². The average molecular weight is 443 g/mol. The lowest BCUT2D eigenvalue weighted by Crippen LogP contribution is -2.29. The summed E-state index contributed by atoms with van der Waals surface area (Å²) in [6.07, 6.45) is 0. The molecule has 2 aliphatic heterocycles. The average Bonchev–Trinajstić information content (AvgIpc) is 3.09. The fourth-order valence-corrected chi connectivity index (χ4v) is 4.21. The number of ketones is 1. The summed E-state index contributed by atoms with van der Waals surface area (Å²) in [5.74, 6) is -0.811. The van der Waals surface area contributed by atoms with Crippen molar-refractivity contribution in [3.05, 3.63) is 95.1 Å². The van der Waals surface area contributed by atoms with Crippen molar-refractivity contribution < 1.29 is 29.3 Å². The number of amides is 1. The topological polar surface area (TPSA) is 96.3 Å². The van der Waals surface area contributed by atoms with Crippen LogP contribution in [0.25, 0.3) is 5.76 Å². The van der Waals surface area contributed by atoms with Gasteiger partial charge in [0.1, 0.15) is 24.7 Å². The first-order valence-electron chi connectivity index (χ1n) is 10.5. The van der Waals surface area contributed by atoms with E-state index >= 15 is 0 Å². The number of aliphatic hydroxyl groups excluding tert-OH is 1. The monoisotopic (exact) mass is 443 g/mol. The molecule has 5 rings (SSSR count). The third-order valence-electron chi connectivity index (χ3n) is 5.74. The van der Waals surface area contributed by atoms with Gasteiger partial charge in [-0.15, -0.1) is 0 Å². The van der Waals surface area contributed by atoms with Crippen molar-refractivity contribution in [3.63, 3.8) is 0 Å². The van der Waals surface area contributed by atoms with E-state index in [1.54, 1.807) is 30.3 Å². The van der Waals surface area contributed by atoms with Gasteiger partial charge in [0, 0.05) is 12.1 Å². The summed E-state index contributed by atoms with van der Waals surface area (Å²) in [6, 6.07) is 19.6. The zero-order valence-electron chi connectivity index (χ0n) is 17.6. The van der Waals surface area contributed by atoms with Crippen LogP contribution in [0.3, 0.4) is 0 Å². The molecule has 1 saturated heterocycles. The predicted octanol–water partition coefficient (Wildman–Crippen LogP) is 3.79. The first kappa shape index (κ1) is 20.6. The van der Waals surface area contributed by atoms with E-state index in [1.807, 2.05) is 30.3 Å². The van der Waals surface area contributed by atoms with E-state index < -0.39 is 17.7 Å². The summed E-state index contributed by atoms with van der Waals surface area (Å²) < 4.78 is 11.1. The van der Waals surface area contributed by atoms with Crippen LogP contribution in [0.5, 0.6) is 17.2 Å².